The van der Waals surface area contributed by atoms with E-state index in [9.17, 15) is 9.59 Å². The van der Waals surface area contributed by atoms with Gasteiger partial charge in [0.15, 0.2) is 5.15 Å². The molecule has 0 unspecified atom stereocenters. The molecule has 1 fully saturated rings. The summed E-state index contributed by atoms with van der Waals surface area (Å²) in [4.78, 5) is 29.1. The second-order valence-corrected chi connectivity index (χ2v) is 5.58. The van der Waals surface area contributed by atoms with Crippen LogP contribution in [0.2, 0.25) is 5.15 Å². The molecule has 2 aromatic heterocycles. The molecule has 22 heavy (non-hydrogen) atoms. The zero-order chi connectivity index (χ0) is 15.7. The minimum absolute atomic E-state index is 0.161. The number of amides is 2. The van der Waals surface area contributed by atoms with E-state index in [2.05, 4.69) is 4.98 Å². The fourth-order valence-corrected chi connectivity index (χ4v) is 2.82. The second-order valence-electron chi connectivity index (χ2n) is 5.22. The van der Waals surface area contributed by atoms with Gasteiger partial charge in [0.2, 0.25) is 11.8 Å². The summed E-state index contributed by atoms with van der Waals surface area (Å²) in [5.74, 6) is -0.772. The number of halogens is 1. The number of rotatable bonds is 3. The highest BCUT2D eigenvalue weighted by Gasteiger charge is 2.28. The highest BCUT2D eigenvalue weighted by molar-refractivity contribution is 6.31. The maximum absolute atomic E-state index is 12.2. The van der Waals surface area contributed by atoms with Crippen molar-refractivity contribution in [2.24, 2.45) is 11.7 Å². The van der Waals surface area contributed by atoms with Crippen LogP contribution in [0, 0.1) is 5.92 Å². The van der Waals surface area contributed by atoms with Crippen molar-refractivity contribution in [1.82, 2.24) is 14.3 Å². The van der Waals surface area contributed by atoms with Gasteiger partial charge in [-0.15, -0.1) is 0 Å². The molecule has 7 heteroatoms. The van der Waals surface area contributed by atoms with Gasteiger partial charge >= 0.3 is 0 Å². The van der Waals surface area contributed by atoms with Crippen molar-refractivity contribution < 1.29 is 9.59 Å². The number of hydrogen-bond donors (Lipinski definition) is 1. The van der Waals surface area contributed by atoms with Crippen LogP contribution in [-0.4, -0.2) is 39.2 Å². The minimum atomic E-state index is -0.357. The molecule has 0 spiro atoms. The van der Waals surface area contributed by atoms with Crippen LogP contribution in [0.3, 0.4) is 0 Å². The third-order valence-corrected chi connectivity index (χ3v) is 4.09. The van der Waals surface area contributed by atoms with E-state index in [-0.39, 0.29) is 17.7 Å². The second kappa shape index (κ2) is 5.81. The average molecular weight is 319 g/mol. The topological polar surface area (TPSA) is 80.7 Å². The van der Waals surface area contributed by atoms with Crippen molar-refractivity contribution in [3.05, 3.63) is 41.3 Å². The number of aromatic nitrogens is 2. The predicted molar refractivity (Wildman–Crippen MR) is 83.1 cm³/mol. The average Bonchev–Trinajstić information content (AvgIpc) is 3.09. The Morgan fingerprint density at radius 3 is 2.95 bits per heavy atom. The normalized spacial score (nSPS) is 18.4. The Hall–Kier alpha value is -2.34. The summed E-state index contributed by atoms with van der Waals surface area (Å²) in [7, 11) is 0. The molecule has 0 aromatic carbocycles. The molecule has 114 valence electrons. The number of nitrogens with two attached hydrogens (primary N) is 1. The minimum Gasteiger partial charge on any atom is -0.369 e. The quantitative estimate of drug-likeness (QED) is 0.867. The lowest BCUT2D eigenvalue weighted by Gasteiger charge is -2.13. The maximum atomic E-state index is 12.2. The molecule has 1 saturated heterocycles. The fourth-order valence-electron chi connectivity index (χ4n) is 2.58. The molecule has 0 aliphatic carbocycles. The van der Waals surface area contributed by atoms with Crippen molar-refractivity contribution in [1.29, 1.82) is 0 Å². The third-order valence-electron chi connectivity index (χ3n) is 3.81. The molecule has 1 atom stereocenters. The van der Waals surface area contributed by atoms with Gasteiger partial charge < -0.3 is 10.6 Å². The molecule has 2 N–H and O–H groups in total. The van der Waals surface area contributed by atoms with Crippen LogP contribution in [-0.2, 0) is 9.59 Å². The van der Waals surface area contributed by atoms with E-state index >= 15 is 0 Å². The smallest absolute Gasteiger partial charge is 0.246 e. The van der Waals surface area contributed by atoms with E-state index in [0.29, 0.717) is 30.4 Å². The first kappa shape index (κ1) is 14.6. The Kier molecular flexibility index (Phi) is 3.85. The monoisotopic (exact) mass is 318 g/mol. The van der Waals surface area contributed by atoms with E-state index in [0.717, 1.165) is 5.65 Å². The molecule has 0 saturated carbocycles. The number of nitrogens with zero attached hydrogens (tertiary/aromatic N) is 3. The van der Waals surface area contributed by atoms with E-state index in [1.54, 1.807) is 11.0 Å². The lowest BCUT2D eigenvalue weighted by Crippen LogP contribution is -2.30. The number of imidazole rings is 1. The summed E-state index contributed by atoms with van der Waals surface area (Å²) in [6.45, 7) is 0.914. The van der Waals surface area contributed by atoms with Crippen molar-refractivity contribution in [2.75, 3.05) is 13.1 Å². The van der Waals surface area contributed by atoms with Crippen LogP contribution in [0.4, 0.5) is 0 Å². The van der Waals surface area contributed by atoms with E-state index in [1.165, 1.54) is 6.08 Å². The van der Waals surface area contributed by atoms with Crippen molar-refractivity contribution in [3.8, 4) is 0 Å². The van der Waals surface area contributed by atoms with Gasteiger partial charge in [-0.05, 0) is 24.6 Å². The van der Waals surface area contributed by atoms with E-state index < -0.39 is 0 Å². The Labute approximate surface area is 132 Å². The van der Waals surface area contributed by atoms with Gasteiger partial charge in [0.1, 0.15) is 5.65 Å². The summed E-state index contributed by atoms with van der Waals surface area (Å²) in [5.41, 5.74) is 6.64. The summed E-state index contributed by atoms with van der Waals surface area (Å²) in [6, 6.07) is 5.57. The molecule has 3 heterocycles. The lowest BCUT2D eigenvalue weighted by molar-refractivity contribution is -0.125. The predicted octanol–water partition coefficient (Wildman–Crippen LogP) is 1.33. The molecule has 0 bridgehead atoms. The molecular formula is C15H15ClN4O2. The number of fused-ring (bicyclic) bond motifs is 1. The summed E-state index contributed by atoms with van der Waals surface area (Å²) >= 11 is 6.11. The van der Waals surface area contributed by atoms with Gasteiger partial charge in [-0.25, -0.2) is 4.98 Å². The van der Waals surface area contributed by atoms with Crippen molar-refractivity contribution in [2.45, 2.75) is 6.42 Å². The van der Waals surface area contributed by atoms with Gasteiger partial charge in [0.25, 0.3) is 0 Å². The summed E-state index contributed by atoms with van der Waals surface area (Å²) < 4.78 is 1.81. The first-order valence-electron chi connectivity index (χ1n) is 6.95. The van der Waals surface area contributed by atoms with Crippen LogP contribution < -0.4 is 5.73 Å². The van der Waals surface area contributed by atoms with Crippen molar-refractivity contribution >= 4 is 35.1 Å². The SMILES string of the molecule is NC(=O)[C@H]1CCN(C(=O)/C=C\c2c(Cl)nc3ccccn23)C1. The summed E-state index contributed by atoms with van der Waals surface area (Å²) in [6.07, 6.45) is 5.54. The zero-order valence-corrected chi connectivity index (χ0v) is 12.5. The van der Waals surface area contributed by atoms with Crippen LogP contribution in [0.15, 0.2) is 30.5 Å². The number of pyridine rings is 1. The van der Waals surface area contributed by atoms with Crippen LogP contribution in [0.5, 0.6) is 0 Å². The molecule has 2 aromatic rings. The first-order chi connectivity index (χ1) is 10.6. The van der Waals surface area contributed by atoms with Gasteiger partial charge in [-0.1, -0.05) is 17.7 Å². The van der Waals surface area contributed by atoms with Gasteiger partial charge in [-0.3, -0.25) is 14.0 Å². The molecule has 1 aliphatic heterocycles. The van der Waals surface area contributed by atoms with Gasteiger partial charge in [-0.2, -0.15) is 0 Å². The highest BCUT2D eigenvalue weighted by atomic mass is 35.5. The highest BCUT2D eigenvalue weighted by Crippen LogP contribution is 2.20. The standard InChI is InChI=1S/C15H15ClN4O2/c16-14-11(20-7-2-1-3-12(20)18-14)4-5-13(21)19-8-6-10(9-19)15(17)22/h1-5,7,10H,6,8-9H2,(H2,17,22)/b5-4-/t10-/m0/s1. The first-order valence-corrected chi connectivity index (χ1v) is 7.33. The molecule has 6 nitrogen and oxygen atoms in total. The number of carbonyl (C=O) groups excluding carboxylic acids is 2. The van der Waals surface area contributed by atoms with Crippen LogP contribution in [0.25, 0.3) is 11.7 Å². The van der Waals surface area contributed by atoms with E-state index in [4.69, 9.17) is 17.3 Å². The number of likely N-dealkylation sites (tertiary alicyclic amines) is 1. The lowest BCUT2D eigenvalue weighted by atomic mass is 10.1. The molecular weight excluding hydrogens is 304 g/mol. The molecule has 3 rings (SSSR count). The molecule has 0 radical (unpaired) electrons. The van der Waals surface area contributed by atoms with Gasteiger partial charge in [0, 0.05) is 25.4 Å². The van der Waals surface area contributed by atoms with Crippen molar-refractivity contribution in [3.63, 3.8) is 0 Å². The van der Waals surface area contributed by atoms with E-state index in [1.807, 2.05) is 28.8 Å². The zero-order valence-electron chi connectivity index (χ0n) is 11.8. The van der Waals surface area contributed by atoms with Gasteiger partial charge in [0.05, 0.1) is 11.6 Å². The fraction of sp³-hybridized carbons (Fsp3) is 0.267. The third kappa shape index (κ3) is 2.69. The Morgan fingerprint density at radius 2 is 2.23 bits per heavy atom. The molecule has 1 aliphatic rings. The summed E-state index contributed by atoms with van der Waals surface area (Å²) in [5, 5.41) is 0.340. The van der Waals surface area contributed by atoms with Crippen LogP contribution >= 0.6 is 11.6 Å². The number of hydrogen-bond acceptors (Lipinski definition) is 3. The largest absolute Gasteiger partial charge is 0.369 e. The van der Waals surface area contributed by atoms with Crippen LogP contribution in [0.1, 0.15) is 12.1 Å². The maximum Gasteiger partial charge on any atom is 0.246 e. The Bertz CT molecular complexity index is 768. The molecule has 2 amide bonds. The Morgan fingerprint density at radius 1 is 1.41 bits per heavy atom. The Balaban J connectivity index is 1.77. The number of primary amides is 1. The number of carbonyl (C=O) groups is 2.